The first kappa shape index (κ1) is 18.7. The van der Waals surface area contributed by atoms with Gasteiger partial charge < -0.3 is 9.64 Å². The summed E-state index contributed by atoms with van der Waals surface area (Å²) >= 11 is 4.32. The first-order valence-corrected chi connectivity index (χ1v) is 11.0. The van der Waals surface area contributed by atoms with Gasteiger partial charge in [0.1, 0.15) is 5.75 Å². The lowest BCUT2D eigenvalue weighted by atomic mass is 9.99. The molecule has 0 aliphatic carbocycles. The van der Waals surface area contributed by atoms with Crippen molar-refractivity contribution >= 4 is 45.7 Å². The monoisotopic (exact) mass is 487 g/mol. The van der Waals surface area contributed by atoms with E-state index >= 15 is 0 Å². The Bertz CT molecular complexity index is 916. The van der Waals surface area contributed by atoms with E-state index in [4.69, 9.17) is 4.74 Å². The van der Waals surface area contributed by atoms with Gasteiger partial charge >= 0.3 is 0 Å². The first-order chi connectivity index (χ1) is 13.2. The van der Waals surface area contributed by atoms with Crippen LogP contribution in [-0.4, -0.2) is 13.7 Å². The van der Waals surface area contributed by atoms with Crippen LogP contribution >= 0.6 is 34.4 Å². The largest absolute Gasteiger partial charge is 0.496 e. The molecule has 138 valence electrons. The van der Waals surface area contributed by atoms with Gasteiger partial charge in [-0.25, -0.2) is 0 Å². The van der Waals surface area contributed by atoms with Gasteiger partial charge in [0.05, 0.1) is 16.4 Å². The summed E-state index contributed by atoms with van der Waals surface area (Å²) in [6, 6.07) is 26.0. The van der Waals surface area contributed by atoms with Gasteiger partial charge in [0.2, 0.25) is 0 Å². The van der Waals surface area contributed by atoms with Gasteiger partial charge in [-0.3, -0.25) is 0 Å². The van der Waals surface area contributed by atoms with Gasteiger partial charge in [0, 0.05) is 22.4 Å². The van der Waals surface area contributed by atoms with Crippen LogP contribution < -0.4 is 9.64 Å². The number of fused-ring (bicyclic) bond motifs is 1. The maximum absolute atomic E-state index is 5.62. The molecule has 27 heavy (non-hydrogen) atoms. The van der Waals surface area contributed by atoms with Gasteiger partial charge in [-0.15, -0.1) is 11.8 Å². The summed E-state index contributed by atoms with van der Waals surface area (Å²) in [6.45, 7) is 3.33. The fourth-order valence-corrected chi connectivity index (χ4v) is 5.63. The van der Waals surface area contributed by atoms with E-state index in [0.29, 0.717) is 11.2 Å². The summed E-state index contributed by atoms with van der Waals surface area (Å²) in [5.41, 5.74) is 3.89. The van der Waals surface area contributed by atoms with E-state index < -0.39 is 0 Å². The van der Waals surface area contributed by atoms with Gasteiger partial charge in [-0.05, 0) is 58.3 Å². The van der Waals surface area contributed by atoms with E-state index in [2.05, 4.69) is 107 Å². The predicted octanol–water partition coefficient (Wildman–Crippen LogP) is 6.92. The number of nitrogens with zero attached hydrogens (tertiary/aromatic N) is 1. The zero-order valence-electron chi connectivity index (χ0n) is 15.4. The Morgan fingerprint density at radius 3 is 2.33 bits per heavy atom. The smallest absolute Gasteiger partial charge is 0.133 e. The Labute approximate surface area is 179 Å². The summed E-state index contributed by atoms with van der Waals surface area (Å²) < 4.78 is 6.76. The molecule has 2 nitrogen and oxygen atoms in total. The van der Waals surface area contributed by atoms with Gasteiger partial charge in [-0.2, -0.15) is 0 Å². The molecule has 0 aromatic heterocycles. The van der Waals surface area contributed by atoms with Crippen LogP contribution in [-0.2, 0) is 0 Å². The number of methoxy groups -OCH3 is 1. The minimum atomic E-state index is 0.406. The van der Waals surface area contributed by atoms with E-state index in [1.54, 1.807) is 7.11 Å². The fraction of sp³-hybridized carbons (Fsp3) is 0.217. The molecule has 1 aliphatic rings. The number of benzene rings is 3. The topological polar surface area (TPSA) is 12.5 Å². The van der Waals surface area contributed by atoms with Gasteiger partial charge in [-0.1, -0.05) is 55.5 Å². The highest BCUT2D eigenvalue weighted by atomic mass is 127. The minimum absolute atomic E-state index is 0.406. The Morgan fingerprint density at radius 2 is 1.67 bits per heavy atom. The van der Waals surface area contributed by atoms with E-state index in [-0.39, 0.29) is 0 Å². The number of anilines is 2. The van der Waals surface area contributed by atoms with Crippen molar-refractivity contribution in [1.82, 2.24) is 0 Å². The second-order valence-corrected chi connectivity index (χ2v) is 9.17. The molecule has 0 fully saturated rings. The van der Waals surface area contributed by atoms with Crippen molar-refractivity contribution in [2.75, 3.05) is 18.6 Å². The normalized spacial score (nSPS) is 19.3. The minimum Gasteiger partial charge on any atom is -0.496 e. The van der Waals surface area contributed by atoms with Crippen molar-refractivity contribution in [1.29, 1.82) is 0 Å². The number of hydrogen-bond donors (Lipinski definition) is 0. The molecule has 0 amide bonds. The molecule has 0 saturated heterocycles. The summed E-state index contributed by atoms with van der Waals surface area (Å²) in [5.74, 6) is 1.44. The van der Waals surface area contributed by atoms with Crippen LogP contribution in [0.3, 0.4) is 0 Å². The molecule has 1 aliphatic heterocycles. The molecule has 0 radical (unpaired) electrons. The third-order valence-electron chi connectivity index (χ3n) is 4.96. The van der Waals surface area contributed by atoms with Crippen LogP contribution in [0.2, 0.25) is 0 Å². The molecule has 0 N–H and O–H groups in total. The fourth-order valence-electron chi connectivity index (χ4n) is 3.61. The summed E-state index contributed by atoms with van der Waals surface area (Å²) in [4.78, 5) is 3.73. The van der Waals surface area contributed by atoms with Crippen LogP contribution in [0.15, 0.2) is 77.7 Å². The predicted molar refractivity (Wildman–Crippen MR) is 123 cm³/mol. The maximum atomic E-state index is 5.62. The third kappa shape index (κ3) is 3.83. The lowest BCUT2D eigenvalue weighted by Gasteiger charge is -2.28. The van der Waals surface area contributed by atoms with Gasteiger partial charge in [0.15, 0.2) is 0 Å². The van der Waals surface area contributed by atoms with Crippen molar-refractivity contribution in [3.8, 4) is 5.75 Å². The summed E-state index contributed by atoms with van der Waals surface area (Å²) in [7, 11) is 1.75. The molecule has 2 unspecified atom stereocenters. The molecule has 0 saturated carbocycles. The van der Waals surface area contributed by atoms with Crippen molar-refractivity contribution in [3.63, 3.8) is 0 Å². The van der Waals surface area contributed by atoms with Crippen molar-refractivity contribution in [2.24, 2.45) is 5.92 Å². The van der Waals surface area contributed by atoms with Crippen molar-refractivity contribution in [2.45, 2.75) is 17.1 Å². The standard InChI is InChI=1S/C23H22INOS/c1-16-15-25(18-11-7-4-8-12-18)20-13-19(24)21(26-2)14-22(20)27-23(16)17-9-5-3-6-10-17/h3-14,16,23H,15H2,1-2H3. The summed E-state index contributed by atoms with van der Waals surface area (Å²) in [5, 5.41) is 0.406. The average Bonchev–Trinajstić information content (AvgIpc) is 2.85. The second-order valence-electron chi connectivity index (χ2n) is 6.83. The number of thioether (sulfide) groups is 1. The number of hydrogen-bond acceptors (Lipinski definition) is 3. The molecule has 2 atom stereocenters. The SMILES string of the molecule is COc1cc2c(cc1I)N(c1ccccc1)CC(C)C(c1ccccc1)S2. The van der Waals surface area contributed by atoms with Crippen LogP contribution in [0, 0.1) is 9.49 Å². The van der Waals surface area contributed by atoms with E-state index in [1.807, 2.05) is 11.8 Å². The first-order valence-electron chi connectivity index (χ1n) is 9.09. The molecular weight excluding hydrogens is 465 g/mol. The Morgan fingerprint density at radius 1 is 1.00 bits per heavy atom. The zero-order chi connectivity index (χ0) is 18.8. The second kappa shape index (κ2) is 8.15. The highest BCUT2D eigenvalue weighted by molar-refractivity contribution is 14.1. The maximum Gasteiger partial charge on any atom is 0.133 e. The molecule has 4 heteroatoms. The third-order valence-corrected chi connectivity index (χ3v) is 7.38. The number of ether oxygens (including phenoxy) is 1. The highest BCUT2D eigenvalue weighted by Crippen LogP contribution is 2.51. The lowest BCUT2D eigenvalue weighted by Crippen LogP contribution is -2.24. The zero-order valence-corrected chi connectivity index (χ0v) is 18.4. The lowest BCUT2D eigenvalue weighted by molar-refractivity contribution is 0.410. The van der Waals surface area contributed by atoms with E-state index in [1.165, 1.54) is 21.8 Å². The van der Waals surface area contributed by atoms with Gasteiger partial charge in [0.25, 0.3) is 0 Å². The summed E-state index contributed by atoms with van der Waals surface area (Å²) in [6.07, 6.45) is 0. The molecule has 3 aromatic rings. The number of halogens is 1. The highest BCUT2D eigenvalue weighted by Gasteiger charge is 2.30. The molecule has 0 spiro atoms. The van der Waals surface area contributed by atoms with Crippen molar-refractivity contribution in [3.05, 3.63) is 81.9 Å². The van der Waals surface area contributed by atoms with E-state index in [0.717, 1.165) is 15.9 Å². The quantitative estimate of drug-likeness (QED) is 0.372. The van der Waals surface area contributed by atoms with Crippen LogP contribution in [0.4, 0.5) is 11.4 Å². The van der Waals surface area contributed by atoms with E-state index in [9.17, 15) is 0 Å². The Hall–Kier alpha value is -1.66. The molecule has 4 rings (SSSR count). The average molecular weight is 487 g/mol. The van der Waals surface area contributed by atoms with Crippen LogP contribution in [0.25, 0.3) is 0 Å². The Balaban J connectivity index is 1.85. The molecule has 0 bridgehead atoms. The molecular formula is C23H22INOS. The molecule has 3 aromatic carbocycles. The number of para-hydroxylation sites is 1. The Kier molecular flexibility index (Phi) is 5.64. The van der Waals surface area contributed by atoms with Crippen molar-refractivity contribution < 1.29 is 4.74 Å². The number of rotatable bonds is 3. The van der Waals surface area contributed by atoms with Crippen LogP contribution in [0.5, 0.6) is 5.75 Å². The molecule has 1 heterocycles. The van der Waals surface area contributed by atoms with Crippen LogP contribution in [0.1, 0.15) is 17.7 Å².